The van der Waals surface area contributed by atoms with Gasteiger partial charge in [-0.15, -0.1) is 0 Å². The van der Waals surface area contributed by atoms with Crippen molar-refractivity contribution in [3.8, 4) is 11.3 Å². The van der Waals surface area contributed by atoms with E-state index in [-0.39, 0.29) is 5.91 Å². The number of nitrogens with one attached hydrogen (secondary N) is 2. The highest BCUT2D eigenvalue weighted by Crippen LogP contribution is 2.15. The maximum Gasteiger partial charge on any atom is 0.220 e. The average molecular weight is 295 g/mol. The monoisotopic (exact) mass is 295 g/mol. The maximum absolute atomic E-state index is 11.8. The molecule has 5 nitrogen and oxygen atoms in total. The molecule has 0 atom stereocenters. The van der Waals surface area contributed by atoms with E-state index in [1.165, 1.54) is 0 Å². The van der Waals surface area contributed by atoms with Crippen LogP contribution in [-0.4, -0.2) is 15.9 Å². The van der Waals surface area contributed by atoms with Gasteiger partial charge in [0.25, 0.3) is 0 Å². The Morgan fingerprint density at radius 1 is 1.18 bits per heavy atom. The molecule has 0 fully saturated rings. The first-order valence-electron chi connectivity index (χ1n) is 7.19. The van der Waals surface area contributed by atoms with Gasteiger partial charge < -0.3 is 14.7 Å². The second-order valence-electron chi connectivity index (χ2n) is 4.97. The van der Waals surface area contributed by atoms with Gasteiger partial charge in [-0.25, -0.2) is 4.98 Å². The molecule has 112 valence electrons. The van der Waals surface area contributed by atoms with Crippen LogP contribution >= 0.6 is 0 Å². The first-order valence-corrected chi connectivity index (χ1v) is 7.19. The Bertz CT molecular complexity index is 717. The normalized spacial score (nSPS) is 10.5. The summed E-state index contributed by atoms with van der Waals surface area (Å²) in [6, 6.07) is 13.6. The summed E-state index contributed by atoms with van der Waals surface area (Å²) in [6.07, 6.45) is 4.40. The molecule has 3 rings (SSSR count). The largest absolute Gasteiger partial charge is 0.469 e. The van der Waals surface area contributed by atoms with Crippen molar-refractivity contribution in [3.63, 3.8) is 0 Å². The number of benzene rings is 1. The van der Waals surface area contributed by atoms with Gasteiger partial charge in [0, 0.05) is 12.8 Å². The molecule has 1 amide bonds. The van der Waals surface area contributed by atoms with E-state index in [1.807, 2.05) is 42.5 Å². The van der Waals surface area contributed by atoms with Gasteiger partial charge in [0.15, 0.2) is 0 Å². The zero-order chi connectivity index (χ0) is 15.2. The van der Waals surface area contributed by atoms with E-state index in [9.17, 15) is 4.79 Å². The highest BCUT2D eigenvalue weighted by Gasteiger charge is 2.06. The van der Waals surface area contributed by atoms with Crippen molar-refractivity contribution in [1.82, 2.24) is 15.3 Å². The van der Waals surface area contributed by atoms with Crippen molar-refractivity contribution in [3.05, 3.63) is 66.5 Å². The average Bonchev–Trinajstić information content (AvgIpc) is 3.23. The molecule has 1 aromatic carbocycles. The number of nitrogens with zero attached hydrogens (tertiary/aromatic N) is 1. The van der Waals surface area contributed by atoms with Gasteiger partial charge in [-0.3, -0.25) is 4.79 Å². The Hall–Kier alpha value is -2.82. The number of H-pyrrole nitrogens is 1. The lowest BCUT2D eigenvalue weighted by atomic mass is 10.2. The topological polar surface area (TPSA) is 70.9 Å². The standard InChI is InChI=1S/C17H17N3O2/c21-17(9-8-14-7-4-10-22-14)19-12-16-18-11-15(20-16)13-5-2-1-3-6-13/h1-7,10-11H,8-9,12H2,(H,18,20)(H,19,21). The van der Waals surface area contributed by atoms with Crippen molar-refractivity contribution < 1.29 is 9.21 Å². The van der Waals surface area contributed by atoms with Crippen molar-refractivity contribution in [1.29, 1.82) is 0 Å². The number of carbonyl (C=O) groups excluding carboxylic acids is 1. The van der Waals surface area contributed by atoms with E-state index in [0.29, 0.717) is 19.4 Å². The molecule has 0 saturated heterocycles. The molecule has 2 heterocycles. The fraction of sp³-hybridized carbons (Fsp3) is 0.176. The molecule has 0 aliphatic heterocycles. The Morgan fingerprint density at radius 3 is 2.82 bits per heavy atom. The van der Waals surface area contributed by atoms with Crippen molar-refractivity contribution in [2.75, 3.05) is 0 Å². The molecule has 0 saturated carbocycles. The summed E-state index contributed by atoms with van der Waals surface area (Å²) < 4.78 is 5.20. The fourth-order valence-electron chi connectivity index (χ4n) is 2.18. The Kier molecular flexibility index (Phi) is 4.34. The third-order valence-corrected chi connectivity index (χ3v) is 3.34. The highest BCUT2D eigenvalue weighted by molar-refractivity contribution is 5.76. The first kappa shape index (κ1) is 14.1. The number of rotatable bonds is 6. The number of imidazole rings is 1. The molecule has 22 heavy (non-hydrogen) atoms. The first-order chi connectivity index (χ1) is 10.8. The number of aryl methyl sites for hydroxylation is 1. The minimum atomic E-state index is -0.0194. The number of amides is 1. The van der Waals surface area contributed by atoms with Crippen LogP contribution in [0.1, 0.15) is 18.0 Å². The van der Waals surface area contributed by atoms with Crippen molar-refractivity contribution in [2.24, 2.45) is 0 Å². The van der Waals surface area contributed by atoms with Gasteiger partial charge in [-0.2, -0.15) is 0 Å². The van der Waals surface area contributed by atoms with Crippen LogP contribution in [0.4, 0.5) is 0 Å². The van der Waals surface area contributed by atoms with E-state index >= 15 is 0 Å². The molecular formula is C17H17N3O2. The zero-order valence-electron chi connectivity index (χ0n) is 12.1. The van der Waals surface area contributed by atoms with Crippen LogP contribution < -0.4 is 5.32 Å². The van der Waals surface area contributed by atoms with Gasteiger partial charge >= 0.3 is 0 Å². The molecule has 0 aliphatic carbocycles. The summed E-state index contributed by atoms with van der Waals surface area (Å²) in [4.78, 5) is 19.3. The lowest BCUT2D eigenvalue weighted by Crippen LogP contribution is -2.23. The van der Waals surface area contributed by atoms with Gasteiger partial charge in [-0.1, -0.05) is 30.3 Å². The fourth-order valence-corrected chi connectivity index (χ4v) is 2.18. The van der Waals surface area contributed by atoms with Gasteiger partial charge in [0.05, 0.1) is 24.7 Å². The molecule has 5 heteroatoms. The van der Waals surface area contributed by atoms with Gasteiger partial charge in [-0.05, 0) is 17.7 Å². The smallest absolute Gasteiger partial charge is 0.220 e. The summed E-state index contributed by atoms with van der Waals surface area (Å²) >= 11 is 0. The van der Waals surface area contributed by atoms with Crippen molar-refractivity contribution >= 4 is 5.91 Å². The number of hydrogen-bond acceptors (Lipinski definition) is 3. The number of aromatic nitrogens is 2. The second kappa shape index (κ2) is 6.76. The molecular weight excluding hydrogens is 278 g/mol. The Labute approximate surface area is 128 Å². The minimum Gasteiger partial charge on any atom is -0.469 e. The Balaban J connectivity index is 1.49. The third kappa shape index (κ3) is 3.63. The van der Waals surface area contributed by atoms with Crippen LogP contribution in [0.5, 0.6) is 0 Å². The predicted molar refractivity (Wildman–Crippen MR) is 82.9 cm³/mol. The molecule has 0 radical (unpaired) electrons. The molecule has 0 spiro atoms. The number of carbonyl (C=O) groups is 1. The molecule has 2 N–H and O–H groups in total. The lowest BCUT2D eigenvalue weighted by molar-refractivity contribution is -0.121. The van der Waals surface area contributed by atoms with E-state index in [4.69, 9.17) is 4.42 Å². The second-order valence-corrected chi connectivity index (χ2v) is 4.97. The van der Waals surface area contributed by atoms with Crippen LogP contribution in [0.15, 0.2) is 59.3 Å². The summed E-state index contributed by atoms with van der Waals surface area (Å²) in [6.45, 7) is 0.393. The summed E-state index contributed by atoms with van der Waals surface area (Å²) in [5, 5.41) is 2.85. The van der Waals surface area contributed by atoms with Crippen molar-refractivity contribution in [2.45, 2.75) is 19.4 Å². The maximum atomic E-state index is 11.8. The highest BCUT2D eigenvalue weighted by atomic mass is 16.3. The summed E-state index contributed by atoms with van der Waals surface area (Å²) in [5.41, 5.74) is 2.02. The molecule has 0 bridgehead atoms. The van der Waals surface area contributed by atoms with Crippen LogP contribution in [0.3, 0.4) is 0 Å². The molecule has 0 unspecified atom stereocenters. The van der Waals surface area contributed by atoms with E-state index in [2.05, 4.69) is 15.3 Å². The molecule has 2 aromatic heterocycles. The van der Waals surface area contributed by atoms with E-state index < -0.39 is 0 Å². The molecule has 3 aromatic rings. The molecule has 0 aliphatic rings. The number of hydrogen-bond donors (Lipinski definition) is 2. The van der Waals surface area contributed by atoms with E-state index in [1.54, 1.807) is 12.5 Å². The minimum absolute atomic E-state index is 0.0194. The number of furan rings is 1. The Morgan fingerprint density at radius 2 is 2.05 bits per heavy atom. The van der Waals surface area contributed by atoms with Crippen LogP contribution in [0.25, 0.3) is 11.3 Å². The van der Waals surface area contributed by atoms with Crippen LogP contribution in [-0.2, 0) is 17.8 Å². The van der Waals surface area contributed by atoms with Crippen LogP contribution in [0.2, 0.25) is 0 Å². The number of aromatic amines is 1. The zero-order valence-corrected chi connectivity index (χ0v) is 12.1. The lowest BCUT2D eigenvalue weighted by Gasteiger charge is -2.02. The predicted octanol–water partition coefficient (Wildman–Crippen LogP) is 2.92. The SMILES string of the molecule is O=C(CCc1ccco1)NCc1ncc(-c2ccccc2)[nH]1. The van der Waals surface area contributed by atoms with Crippen LogP contribution in [0, 0.1) is 0 Å². The summed E-state index contributed by atoms with van der Waals surface area (Å²) in [5.74, 6) is 1.54. The quantitative estimate of drug-likeness (QED) is 0.734. The van der Waals surface area contributed by atoms with Gasteiger partial charge in [0.2, 0.25) is 5.91 Å². The third-order valence-electron chi connectivity index (χ3n) is 3.34. The van der Waals surface area contributed by atoms with Gasteiger partial charge in [0.1, 0.15) is 11.6 Å². The summed E-state index contributed by atoms with van der Waals surface area (Å²) in [7, 11) is 0. The van der Waals surface area contributed by atoms with E-state index in [0.717, 1.165) is 22.8 Å².